The number of allylic oxidation sites excluding steroid dienone is 2. The smallest absolute Gasteiger partial charge is 0.238 e. The van der Waals surface area contributed by atoms with Gasteiger partial charge in [0.2, 0.25) is 5.91 Å². The van der Waals surface area contributed by atoms with Gasteiger partial charge in [0.1, 0.15) is 5.75 Å². The minimum atomic E-state index is -0.0398. The third-order valence-corrected chi connectivity index (χ3v) is 8.93. The predicted molar refractivity (Wildman–Crippen MR) is 154 cm³/mol. The summed E-state index contributed by atoms with van der Waals surface area (Å²) in [6.45, 7) is 4.10. The van der Waals surface area contributed by atoms with Crippen molar-refractivity contribution < 1.29 is 9.90 Å². The third kappa shape index (κ3) is 4.44. The minimum absolute atomic E-state index is 0.0111. The highest BCUT2D eigenvalue weighted by Gasteiger charge is 2.36. The van der Waals surface area contributed by atoms with Crippen molar-refractivity contribution in [2.75, 3.05) is 10.7 Å². The van der Waals surface area contributed by atoms with Gasteiger partial charge in [-0.2, -0.15) is 0 Å². The first-order chi connectivity index (χ1) is 18.5. The van der Waals surface area contributed by atoms with Crippen LogP contribution in [0.2, 0.25) is 0 Å². The third-order valence-electron chi connectivity index (χ3n) is 6.71. The van der Waals surface area contributed by atoms with Crippen LogP contribution in [-0.2, 0) is 4.79 Å². The number of amides is 1. The molecule has 0 saturated carbocycles. The van der Waals surface area contributed by atoms with Crippen LogP contribution in [0.4, 0.5) is 5.69 Å². The van der Waals surface area contributed by atoms with Gasteiger partial charge < -0.3 is 10.0 Å². The molecule has 1 aromatic heterocycles. The molecule has 2 aliphatic rings. The number of para-hydroxylation sites is 2. The molecule has 0 saturated heterocycles. The van der Waals surface area contributed by atoms with E-state index in [1.54, 1.807) is 23.9 Å². The van der Waals surface area contributed by atoms with Gasteiger partial charge in [0.25, 0.3) is 0 Å². The second-order valence-corrected chi connectivity index (χ2v) is 11.5. The lowest BCUT2D eigenvalue weighted by Gasteiger charge is -2.40. The fraction of sp³-hybridized carbons (Fsp3) is 0.167. The predicted octanol–water partition coefficient (Wildman–Crippen LogP) is 6.35. The largest absolute Gasteiger partial charge is 0.507 e. The number of hydrogen-bond acceptors (Lipinski definition) is 6. The summed E-state index contributed by atoms with van der Waals surface area (Å²) >= 11 is 3.15. The van der Waals surface area contributed by atoms with Crippen molar-refractivity contribution in [3.05, 3.63) is 102 Å². The number of carbonyl (C=O) groups is 1. The van der Waals surface area contributed by atoms with Crippen molar-refractivity contribution >= 4 is 35.1 Å². The van der Waals surface area contributed by atoms with Crippen molar-refractivity contribution in [1.82, 2.24) is 14.8 Å². The lowest BCUT2D eigenvalue weighted by molar-refractivity contribution is -0.116. The number of phenols is 1. The number of benzene rings is 3. The number of phenolic OH excluding ortho intramolecular Hbond substituents is 1. The zero-order valence-corrected chi connectivity index (χ0v) is 22.6. The van der Waals surface area contributed by atoms with E-state index in [2.05, 4.69) is 41.4 Å². The molecule has 0 fully saturated rings. The van der Waals surface area contributed by atoms with E-state index in [1.165, 1.54) is 11.8 Å². The number of aromatic nitrogens is 3. The number of fused-ring (bicyclic) bond motifs is 2. The molecule has 1 aliphatic heterocycles. The fourth-order valence-electron chi connectivity index (χ4n) is 4.95. The maximum atomic E-state index is 13.8. The molecule has 2 atom stereocenters. The Morgan fingerprint density at radius 1 is 0.974 bits per heavy atom. The van der Waals surface area contributed by atoms with Crippen molar-refractivity contribution in [3.63, 3.8) is 0 Å². The molecule has 190 valence electrons. The maximum absolute atomic E-state index is 13.8. The first-order valence-corrected chi connectivity index (χ1v) is 14.2. The molecular formula is C30H26N4O2S2. The van der Waals surface area contributed by atoms with E-state index in [1.807, 2.05) is 71.0 Å². The molecule has 6 rings (SSSR count). The normalized spacial score (nSPS) is 17.8. The molecule has 4 aromatic rings. The Hall–Kier alpha value is -3.75. The van der Waals surface area contributed by atoms with Gasteiger partial charge in [0, 0.05) is 4.90 Å². The van der Waals surface area contributed by atoms with Crippen molar-refractivity contribution in [1.29, 1.82) is 0 Å². The van der Waals surface area contributed by atoms with E-state index >= 15 is 0 Å². The summed E-state index contributed by atoms with van der Waals surface area (Å²) in [4.78, 5) is 16.8. The molecule has 1 aliphatic carbocycles. The van der Waals surface area contributed by atoms with Gasteiger partial charge in [-0.05, 0) is 49.7 Å². The molecule has 0 radical (unpaired) electrons. The van der Waals surface area contributed by atoms with Gasteiger partial charge in [-0.1, -0.05) is 78.0 Å². The number of thioether (sulfide) groups is 2. The lowest BCUT2D eigenvalue weighted by Crippen LogP contribution is -2.48. The molecule has 1 amide bonds. The van der Waals surface area contributed by atoms with Gasteiger partial charge in [-0.3, -0.25) is 9.36 Å². The molecule has 2 heterocycles. The van der Waals surface area contributed by atoms with Gasteiger partial charge >= 0.3 is 0 Å². The van der Waals surface area contributed by atoms with Crippen LogP contribution in [0, 0.1) is 13.8 Å². The fourth-order valence-corrected chi connectivity index (χ4v) is 7.01. The molecule has 0 bridgehead atoms. The van der Waals surface area contributed by atoms with Crippen LogP contribution in [0.15, 0.2) is 101 Å². The summed E-state index contributed by atoms with van der Waals surface area (Å²) in [6.07, 6.45) is 8.32. The Morgan fingerprint density at radius 3 is 2.61 bits per heavy atom. The van der Waals surface area contributed by atoms with Gasteiger partial charge in [0.05, 0.1) is 34.0 Å². The van der Waals surface area contributed by atoms with Crippen LogP contribution >= 0.6 is 23.5 Å². The molecule has 0 unspecified atom stereocenters. The number of aryl methyl sites for hydroxylation is 2. The Bertz CT molecular complexity index is 1590. The maximum Gasteiger partial charge on any atom is 0.238 e. The lowest BCUT2D eigenvalue weighted by atomic mass is 10.0. The van der Waals surface area contributed by atoms with Crippen LogP contribution in [0.25, 0.3) is 17.1 Å². The topological polar surface area (TPSA) is 71.2 Å². The van der Waals surface area contributed by atoms with Crippen LogP contribution in [0.3, 0.4) is 0 Å². The SMILES string of the molecule is Cc1ccc(-n2c(SCC(=O)N3c4ccccc4S[C@H]4C=CC=C[C@H]43)nnc2-c2ccccc2O)c(C)c1. The molecule has 6 nitrogen and oxygen atoms in total. The number of aromatic hydroxyl groups is 1. The summed E-state index contributed by atoms with van der Waals surface area (Å²) in [5.41, 5.74) is 4.64. The highest BCUT2D eigenvalue weighted by Crippen LogP contribution is 2.44. The average molecular weight is 539 g/mol. The first kappa shape index (κ1) is 24.6. The van der Waals surface area contributed by atoms with E-state index in [0.717, 1.165) is 27.4 Å². The molecular weight excluding hydrogens is 512 g/mol. The average Bonchev–Trinajstić information content (AvgIpc) is 3.34. The van der Waals surface area contributed by atoms with Crippen molar-refractivity contribution in [2.45, 2.75) is 35.2 Å². The highest BCUT2D eigenvalue weighted by molar-refractivity contribution is 8.00. The summed E-state index contributed by atoms with van der Waals surface area (Å²) in [7, 11) is 0. The summed E-state index contributed by atoms with van der Waals surface area (Å²) in [6, 6.07) is 21.3. The van der Waals surface area contributed by atoms with Gasteiger partial charge in [-0.25, -0.2) is 0 Å². The summed E-state index contributed by atoms with van der Waals surface area (Å²) in [5, 5.41) is 20.3. The number of carbonyl (C=O) groups excluding carboxylic acids is 1. The summed E-state index contributed by atoms with van der Waals surface area (Å²) in [5.74, 6) is 0.870. The zero-order chi connectivity index (χ0) is 26.2. The van der Waals surface area contributed by atoms with E-state index in [-0.39, 0.29) is 28.7 Å². The number of hydrogen-bond donors (Lipinski definition) is 1. The van der Waals surface area contributed by atoms with Crippen LogP contribution in [0.1, 0.15) is 11.1 Å². The van der Waals surface area contributed by atoms with Crippen LogP contribution in [0.5, 0.6) is 5.75 Å². The second-order valence-electron chi connectivity index (χ2n) is 9.31. The first-order valence-electron chi connectivity index (χ1n) is 12.4. The van der Waals surface area contributed by atoms with E-state index in [4.69, 9.17) is 0 Å². The Balaban J connectivity index is 1.36. The quantitative estimate of drug-likeness (QED) is 0.299. The standard InChI is InChI=1S/C30H26N4O2S2/c1-19-15-16-22(20(2)17-19)34-29(21-9-3-6-12-25(21)35)31-32-30(34)37-18-28(36)33-23-10-4-7-13-26(23)38-27-14-8-5-11-24(27)33/h3-17,23,26,35H,18H2,1-2H3/t23-,26+/m1/s1. The van der Waals surface area contributed by atoms with E-state index < -0.39 is 0 Å². The Morgan fingerprint density at radius 2 is 1.76 bits per heavy atom. The molecule has 3 aromatic carbocycles. The second kappa shape index (κ2) is 10.2. The summed E-state index contributed by atoms with van der Waals surface area (Å²) < 4.78 is 1.94. The Labute approximate surface area is 230 Å². The highest BCUT2D eigenvalue weighted by atomic mass is 32.2. The van der Waals surface area contributed by atoms with Crippen molar-refractivity contribution in [3.8, 4) is 22.8 Å². The van der Waals surface area contributed by atoms with Crippen LogP contribution < -0.4 is 4.90 Å². The monoisotopic (exact) mass is 538 g/mol. The van der Waals surface area contributed by atoms with Crippen LogP contribution in [-0.4, -0.2) is 42.8 Å². The van der Waals surface area contributed by atoms with E-state index in [9.17, 15) is 9.90 Å². The molecule has 1 N–H and O–H groups in total. The number of rotatable bonds is 5. The number of anilines is 1. The molecule has 8 heteroatoms. The molecule has 38 heavy (non-hydrogen) atoms. The zero-order valence-electron chi connectivity index (χ0n) is 21.0. The van der Waals surface area contributed by atoms with E-state index in [0.29, 0.717) is 16.5 Å². The van der Waals surface area contributed by atoms with Gasteiger partial charge in [0.15, 0.2) is 11.0 Å². The van der Waals surface area contributed by atoms with Gasteiger partial charge in [-0.15, -0.1) is 22.0 Å². The Kier molecular flexibility index (Phi) is 6.59. The number of nitrogens with zero attached hydrogens (tertiary/aromatic N) is 4. The molecule has 0 spiro atoms. The minimum Gasteiger partial charge on any atom is -0.507 e. The van der Waals surface area contributed by atoms with Crippen molar-refractivity contribution in [2.24, 2.45) is 0 Å².